The first-order valence-corrected chi connectivity index (χ1v) is 10.0. The van der Waals surface area contributed by atoms with E-state index in [1.807, 2.05) is 13.8 Å². The summed E-state index contributed by atoms with van der Waals surface area (Å²) < 4.78 is 10.5. The standard InChI is InChI=1S/C20H29N3O5/c1-15(2)14-28-20(26)22-11-9-21(10-12-22)18(24)16-6-3-4-8-23(16)19(25)17-7-5-13-27-17/h5,7,13,15-16H,3-4,6,8-12,14H2,1-2H3. The first kappa shape index (κ1) is 20.2. The number of ether oxygens (including phenoxy) is 1. The van der Waals surface area contributed by atoms with Crippen LogP contribution in [0.1, 0.15) is 43.7 Å². The van der Waals surface area contributed by atoms with Crippen molar-refractivity contribution >= 4 is 17.9 Å². The van der Waals surface area contributed by atoms with Crippen LogP contribution in [0.5, 0.6) is 0 Å². The lowest BCUT2D eigenvalue weighted by atomic mass is 10.00. The molecule has 0 N–H and O–H groups in total. The van der Waals surface area contributed by atoms with Gasteiger partial charge in [-0.25, -0.2) is 4.79 Å². The van der Waals surface area contributed by atoms with Gasteiger partial charge in [-0.1, -0.05) is 13.8 Å². The van der Waals surface area contributed by atoms with E-state index >= 15 is 0 Å². The van der Waals surface area contributed by atoms with Crippen molar-refractivity contribution in [1.82, 2.24) is 14.7 Å². The highest BCUT2D eigenvalue weighted by molar-refractivity contribution is 5.95. The van der Waals surface area contributed by atoms with Gasteiger partial charge in [0.2, 0.25) is 5.91 Å². The molecular formula is C20H29N3O5. The number of rotatable bonds is 4. The molecule has 1 unspecified atom stereocenters. The maximum atomic E-state index is 13.1. The van der Waals surface area contributed by atoms with Crippen molar-refractivity contribution in [3.63, 3.8) is 0 Å². The number of carbonyl (C=O) groups excluding carboxylic acids is 3. The number of nitrogens with zero attached hydrogens (tertiary/aromatic N) is 3. The molecule has 0 spiro atoms. The molecule has 154 valence electrons. The van der Waals surface area contributed by atoms with E-state index < -0.39 is 6.04 Å². The van der Waals surface area contributed by atoms with Gasteiger partial charge in [-0.05, 0) is 37.3 Å². The normalized spacial score (nSPS) is 20.4. The van der Waals surface area contributed by atoms with Crippen LogP contribution in [0.25, 0.3) is 0 Å². The summed E-state index contributed by atoms with van der Waals surface area (Å²) in [5.74, 6) is 0.266. The van der Waals surface area contributed by atoms with Gasteiger partial charge in [0.25, 0.3) is 5.91 Å². The van der Waals surface area contributed by atoms with Crippen LogP contribution in [0, 0.1) is 5.92 Å². The molecule has 8 nitrogen and oxygen atoms in total. The predicted octanol–water partition coefficient (Wildman–Crippen LogP) is 2.21. The fourth-order valence-corrected chi connectivity index (χ4v) is 3.62. The van der Waals surface area contributed by atoms with Crippen molar-refractivity contribution < 1.29 is 23.5 Å². The maximum absolute atomic E-state index is 13.1. The van der Waals surface area contributed by atoms with Crippen molar-refractivity contribution in [3.8, 4) is 0 Å². The smallest absolute Gasteiger partial charge is 0.409 e. The molecule has 2 fully saturated rings. The van der Waals surface area contributed by atoms with Crippen molar-refractivity contribution in [2.24, 2.45) is 5.92 Å². The zero-order chi connectivity index (χ0) is 20.1. The van der Waals surface area contributed by atoms with E-state index in [1.165, 1.54) is 6.26 Å². The molecule has 2 aliphatic heterocycles. The van der Waals surface area contributed by atoms with Crippen molar-refractivity contribution in [1.29, 1.82) is 0 Å². The Morgan fingerprint density at radius 2 is 1.82 bits per heavy atom. The highest BCUT2D eigenvalue weighted by Crippen LogP contribution is 2.22. The molecule has 2 aliphatic rings. The first-order chi connectivity index (χ1) is 13.5. The third kappa shape index (κ3) is 4.66. The van der Waals surface area contributed by atoms with Crippen LogP contribution >= 0.6 is 0 Å². The molecule has 3 rings (SSSR count). The van der Waals surface area contributed by atoms with Gasteiger partial charge in [-0.15, -0.1) is 0 Å². The van der Waals surface area contributed by atoms with Crippen LogP contribution in [0.4, 0.5) is 4.79 Å². The van der Waals surface area contributed by atoms with Crippen molar-refractivity contribution in [3.05, 3.63) is 24.2 Å². The first-order valence-electron chi connectivity index (χ1n) is 10.0. The van der Waals surface area contributed by atoms with Gasteiger partial charge >= 0.3 is 6.09 Å². The second kappa shape index (κ2) is 9.12. The highest BCUT2D eigenvalue weighted by atomic mass is 16.6. The third-order valence-corrected chi connectivity index (χ3v) is 5.17. The van der Waals surface area contributed by atoms with Crippen LogP contribution in [0.3, 0.4) is 0 Å². The van der Waals surface area contributed by atoms with Gasteiger partial charge < -0.3 is 23.9 Å². The van der Waals surface area contributed by atoms with Crippen molar-refractivity contribution in [2.75, 3.05) is 39.3 Å². The van der Waals surface area contributed by atoms with Gasteiger partial charge in [0.15, 0.2) is 5.76 Å². The van der Waals surface area contributed by atoms with Crippen LogP contribution in [0.15, 0.2) is 22.8 Å². The minimum absolute atomic E-state index is 0.0465. The maximum Gasteiger partial charge on any atom is 0.409 e. The molecule has 1 aromatic heterocycles. The molecule has 28 heavy (non-hydrogen) atoms. The molecule has 8 heteroatoms. The fraction of sp³-hybridized carbons (Fsp3) is 0.650. The molecule has 0 bridgehead atoms. The van der Waals surface area contributed by atoms with Gasteiger partial charge in [-0.3, -0.25) is 9.59 Å². The molecule has 2 saturated heterocycles. The van der Waals surface area contributed by atoms with E-state index in [1.54, 1.807) is 26.8 Å². The zero-order valence-corrected chi connectivity index (χ0v) is 16.6. The largest absolute Gasteiger partial charge is 0.459 e. The quantitative estimate of drug-likeness (QED) is 0.786. The van der Waals surface area contributed by atoms with Gasteiger partial charge in [0, 0.05) is 32.7 Å². The molecule has 0 radical (unpaired) electrons. The summed E-state index contributed by atoms with van der Waals surface area (Å²) in [5, 5.41) is 0. The van der Waals surface area contributed by atoms with E-state index in [9.17, 15) is 14.4 Å². The minimum atomic E-state index is -0.467. The Bertz CT molecular complexity index is 680. The van der Waals surface area contributed by atoms with Crippen LogP contribution in [0.2, 0.25) is 0 Å². The summed E-state index contributed by atoms with van der Waals surface area (Å²) in [6.45, 7) is 6.72. The summed E-state index contributed by atoms with van der Waals surface area (Å²) in [6, 6.07) is 2.83. The number of hydrogen-bond acceptors (Lipinski definition) is 5. The molecule has 3 heterocycles. The topological polar surface area (TPSA) is 83.3 Å². The number of piperidine rings is 1. The fourth-order valence-electron chi connectivity index (χ4n) is 3.62. The summed E-state index contributed by atoms with van der Waals surface area (Å²) in [7, 11) is 0. The Morgan fingerprint density at radius 3 is 2.46 bits per heavy atom. The Kier molecular flexibility index (Phi) is 6.59. The second-order valence-corrected chi connectivity index (χ2v) is 7.77. The highest BCUT2D eigenvalue weighted by Gasteiger charge is 2.37. The summed E-state index contributed by atoms with van der Waals surface area (Å²) in [5.41, 5.74) is 0. The second-order valence-electron chi connectivity index (χ2n) is 7.77. The van der Waals surface area contributed by atoms with Gasteiger partial charge in [0.05, 0.1) is 12.9 Å². The summed E-state index contributed by atoms with van der Waals surface area (Å²) >= 11 is 0. The van der Waals surface area contributed by atoms with Gasteiger partial charge in [0.1, 0.15) is 6.04 Å². The summed E-state index contributed by atoms with van der Waals surface area (Å²) in [4.78, 5) is 42.9. The van der Waals surface area contributed by atoms with E-state index in [0.717, 1.165) is 12.8 Å². The number of amides is 3. The van der Waals surface area contributed by atoms with Crippen LogP contribution in [-0.4, -0.2) is 78.0 Å². The Hall–Kier alpha value is -2.51. The van der Waals surface area contributed by atoms with E-state index in [-0.39, 0.29) is 29.6 Å². The molecule has 3 amide bonds. The number of likely N-dealkylation sites (tertiary alicyclic amines) is 1. The molecule has 1 aromatic rings. The van der Waals surface area contributed by atoms with Crippen LogP contribution in [-0.2, 0) is 9.53 Å². The van der Waals surface area contributed by atoms with E-state index in [2.05, 4.69) is 0 Å². The lowest BCUT2D eigenvalue weighted by molar-refractivity contribution is -0.138. The average Bonchev–Trinajstić information content (AvgIpc) is 3.26. The molecule has 1 atom stereocenters. The summed E-state index contributed by atoms with van der Waals surface area (Å²) in [6.07, 6.45) is 3.59. The monoisotopic (exact) mass is 391 g/mol. The average molecular weight is 391 g/mol. The van der Waals surface area contributed by atoms with E-state index in [0.29, 0.717) is 45.8 Å². The van der Waals surface area contributed by atoms with Crippen molar-refractivity contribution in [2.45, 2.75) is 39.2 Å². The molecular weight excluding hydrogens is 362 g/mol. The molecule has 0 aromatic carbocycles. The lowest BCUT2D eigenvalue weighted by Gasteiger charge is -2.40. The number of piperazine rings is 1. The Labute approximate surface area is 165 Å². The Morgan fingerprint density at radius 1 is 1.11 bits per heavy atom. The lowest BCUT2D eigenvalue weighted by Crippen LogP contribution is -2.57. The number of furan rings is 1. The number of hydrogen-bond donors (Lipinski definition) is 0. The molecule has 0 saturated carbocycles. The minimum Gasteiger partial charge on any atom is -0.459 e. The van der Waals surface area contributed by atoms with E-state index in [4.69, 9.17) is 9.15 Å². The number of carbonyl (C=O) groups is 3. The Balaban J connectivity index is 1.57. The third-order valence-electron chi connectivity index (χ3n) is 5.17. The van der Waals surface area contributed by atoms with Crippen LogP contribution < -0.4 is 0 Å². The zero-order valence-electron chi connectivity index (χ0n) is 16.6. The van der Waals surface area contributed by atoms with Gasteiger partial charge in [-0.2, -0.15) is 0 Å². The predicted molar refractivity (Wildman–Crippen MR) is 102 cm³/mol. The molecule has 0 aliphatic carbocycles. The SMILES string of the molecule is CC(C)COC(=O)N1CCN(C(=O)C2CCCCN2C(=O)c2ccco2)CC1.